The van der Waals surface area contributed by atoms with Crippen LogP contribution in [0.4, 0.5) is 0 Å². The van der Waals surface area contributed by atoms with Gasteiger partial charge < -0.3 is 29.9 Å². The molecule has 8 heteroatoms. The summed E-state index contributed by atoms with van der Waals surface area (Å²) in [6.07, 6.45) is 8.64. The van der Waals surface area contributed by atoms with E-state index in [4.69, 9.17) is 14.6 Å². The Hall–Kier alpha value is -1.74. The highest BCUT2D eigenvalue weighted by atomic mass is 16.6. The van der Waals surface area contributed by atoms with E-state index in [9.17, 15) is 24.9 Å². The third-order valence-corrected chi connectivity index (χ3v) is 5.40. The summed E-state index contributed by atoms with van der Waals surface area (Å²) in [5.74, 6) is -1.56. The summed E-state index contributed by atoms with van der Waals surface area (Å²) in [4.78, 5) is 22.7. The van der Waals surface area contributed by atoms with Gasteiger partial charge in [-0.3, -0.25) is 9.59 Å². The van der Waals surface area contributed by atoms with Crippen molar-refractivity contribution in [2.75, 3.05) is 13.2 Å². The van der Waals surface area contributed by atoms with Crippen LogP contribution in [0.25, 0.3) is 0 Å². The lowest BCUT2D eigenvalue weighted by Gasteiger charge is -2.19. The molecule has 0 heterocycles. The first-order valence-electron chi connectivity index (χ1n) is 11.1. The van der Waals surface area contributed by atoms with Gasteiger partial charge >= 0.3 is 11.9 Å². The number of esters is 2. The van der Waals surface area contributed by atoms with Crippen LogP contribution in [-0.4, -0.2) is 70.0 Å². The number of hydrogen-bond acceptors (Lipinski definition) is 8. The molecule has 0 bridgehead atoms. The van der Waals surface area contributed by atoms with Crippen molar-refractivity contribution in [1.29, 1.82) is 0 Å². The van der Waals surface area contributed by atoms with Crippen molar-refractivity contribution in [3.05, 3.63) is 24.3 Å². The first-order valence-corrected chi connectivity index (χ1v) is 11.1. The van der Waals surface area contributed by atoms with Crippen molar-refractivity contribution in [2.24, 2.45) is 11.8 Å². The summed E-state index contributed by atoms with van der Waals surface area (Å²) in [5.41, 5.74) is 0. The van der Waals surface area contributed by atoms with Crippen LogP contribution in [0.2, 0.25) is 0 Å². The van der Waals surface area contributed by atoms with Crippen LogP contribution in [0.15, 0.2) is 24.3 Å². The zero-order valence-corrected chi connectivity index (χ0v) is 18.6. The minimum absolute atomic E-state index is 0.000236. The molecular weight excluding hydrogens is 404 g/mol. The molecule has 0 aromatic heterocycles. The Balaban J connectivity index is 2.47. The number of rotatable bonds is 14. The SMILES string of the molecule is CCCCC[C@@H](O)/C=C/[C@@H]1[C@H](C/C=C\CC(=O)OC[C@H](CO)OC(C)=O)[C@@H](O)C[C@H]1O. The van der Waals surface area contributed by atoms with Crippen LogP contribution in [0.3, 0.4) is 0 Å². The Labute approximate surface area is 184 Å². The van der Waals surface area contributed by atoms with E-state index in [0.717, 1.165) is 19.3 Å². The maximum Gasteiger partial charge on any atom is 0.309 e. The average Bonchev–Trinajstić information content (AvgIpc) is 2.99. The molecule has 1 aliphatic rings. The van der Waals surface area contributed by atoms with Crippen molar-refractivity contribution >= 4 is 11.9 Å². The lowest BCUT2D eigenvalue weighted by Crippen LogP contribution is -2.27. The first-order chi connectivity index (χ1) is 14.8. The molecule has 1 fully saturated rings. The number of unbranched alkanes of at least 4 members (excludes halogenated alkanes) is 2. The standard InChI is InChI=1S/C23H38O8/c1-3-4-5-8-17(26)11-12-20-19(21(27)13-22(20)28)9-6-7-10-23(29)30-15-18(14-24)31-16(2)25/h6-7,11-12,17-22,24,26-28H,3-5,8-10,13-15H2,1-2H3/b7-6-,12-11+/t17-,18+,19+,20-,21+,22-/m1/s1. The van der Waals surface area contributed by atoms with E-state index in [1.807, 2.05) is 0 Å². The molecule has 1 aliphatic carbocycles. The first kappa shape index (κ1) is 27.3. The zero-order valence-electron chi connectivity index (χ0n) is 18.6. The Morgan fingerprint density at radius 3 is 2.55 bits per heavy atom. The summed E-state index contributed by atoms with van der Waals surface area (Å²) in [6.45, 7) is 2.65. The highest BCUT2D eigenvalue weighted by Gasteiger charge is 2.39. The predicted molar refractivity (Wildman–Crippen MR) is 115 cm³/mol. The van der Waals surface area contributed by atoms with E-state index in [0.29, 0.717) is 12.8 Å². The van der Waals surface area contributed by atoms with Crippen LogP contribution in [0, 0.1) is 11.8 Å². The lowest BCUT2D eigenvalue weighted by atomic mass is 9.89. The molecule has 0 aromatic rings. The molecule has 31 heavy (non-hydrogen) atoms. The second-order valence-electron chi connectivity index (χ2n) is 8.07. The van der Waals surface area contributed by atoms with Crippen LogP contribution in [-0.2, 0) is 19.1 Å². The number of ether oxygens (including phenoxy) is 2. The largest absolute Gasteiger partial charge is 0.461 e. The molecular formula is C23H38O8. The van der Waals surface area contributed by atoms with Gasteiger partial charge in [-0.25, -0.2) is 0 Å². The van der Waals surface area contributed by atoms with E-state index < -0.39 is 43.0 Å². The number of carbonyl (C=O) groups excluding carboxylic acids is 2. The monoisotopic (exact) mass is 442 g/mol. The fourth-order valence-electron chi connectivity index (χ4n) is 3.70. The molecule has 1 rings (SSSR count). The van der Waals surface area contributed by atoms with Gasteiger partial charge in [0.15, 0.2) is 6.10 Å². The van der Waals surface area contributed by atoms with Gasteiger partial charge in [0.1, 0.15) is 6.61 Å². The Morgan fingerprint density at radius 2 is 1.90 bits per heavy atom. The van der Waals surface area contributed by atoms with E-state index in [-0.39, 0.29) is 31.3 Å². The molecule has 0 unspecified atom stereocenters. The number of aliphatic hydroxyl groups excluding tert-OH is 4. The molecule has 0 aromatic carbocycles. The number of carbonyl (C=O) groups is 2. The summed E-state index contributed by atoms with van der Waals surface area (Å²) < 4.78 is 9.76. The van der Waals surface area contributed by atoms with Gasteiger partial charge in [-0.15, -0.1) is 0 Å². The quantitative estimate of drug-likeness (QED) is 0.181. The third kappa shape index (κ3) is 10.9. The van der Waals surface area contributed by atoms with E-state index in [1.165, 1.54) is 6.92 Å². The number of allylic oxidation sites excluding steroid dienone is 1. The minimum Gasteiger partial charge on any atom is -0.461 e. The van der Waals surface area contributed by atoms with Crippen LogP contribution >= 0.6 is 0 Å². The van der Waals surface area contributed by atoms with Crippen molar-refractivity contribution in [2.45, 2.75) is 83.2 Å². The van der Waals surface area contributed by atoms with Gasteiger partial charge in [-0.2, -0.15) is 0 Å². The molecule has 0 amide bonds. The molecule has 8 nitrogen and oxygen atoms in total. The van der Waals surface area contributed by atoms with Crippen LogP contribution in [0.5, 0.6) is 0 Å². The molecule has 0 spiro atoms. The normalized spacial score (nSPS) is 25.7. The molecule has 4 N–H and O–H groups in total. The highest BCUT2D eigenvalue weighted by Crippen LogP contribution is 2.36. The summed E-state index contributed by atoms with van der Waals surface area (Å²) in [7, 11) is 0. The second-order valence-corrected chi connectivity index (χ2v) is 8.07. The average molecular weight is 443 g/mol. The number of aliphatic hydroxyl groups is 4. The topological polar surface area (TPSA) is 134 Å². The Bertz CT molecular complexity index is 588. The molecule has 0 saturated heterocycles. The van der Waals surface area contributed by atoms with E-state index in [2.05, 4.69) is 6.92 Å². The van der Waals surface area contributed by atoms with Gasteiger partial charge in [0.05, 0.1) is 31.3 Å². The summed E-state index contributed by atoms with van der Waals surface area (Å²) in [5, 5.41) is 39.7. The van der Waals surface area contributed by atoms with Gasteiger partial charge in [-0.05, 0) is 18.8 Å². The molecule has 0 radical (unpaired) electrons. The third-order valence-electron chi connectivity index (χ3n) is 5.40. The lowest BCUT2D eigenvalue weighted by molar-refractivity contribution is -0.159. The molecule has 6 atom stereocenters. The van der Waals surface area contributed by atoms with Crippen LogP contribution < -0.4 is 0 Å². The molecule has 0 aliphatic heterocycles. The minimum atomic E-state index is -0.884. The fraction of sp³-hybridized carbons (Fsp3) is 0.739. The Kier molecular flexibility index (Phi) is 13.3. The van der Waals surface area contributed by atoms with E-state index in [1.54, 1.807) is 24.3 Å². The maximum atomic E-state index is 11.8. The number of hydrogen-bond donors (Lipinski definition) is 4. The summed E-state index contributed by atoms with van der Waals surface area (Å²) in [6, 6.07) is 0. The molecule has 178 valence electrons. The van der Waals surface area contributed by atoms with Gasteiger partial charge in [0.2, 0.25) is 0 Å². The van der Waals surface area contributed by atoms with Crippen molar-refractivity contribution in [3.8, 4) is 0 Å². The van der Waals surface area contributed by atoms with E-state index >= 15 is 0 Å². The predicted octanol–water partition coefficient (Wildman–Crippen LogP) is 1.65. The smallest absolute Gasteiger partial charge is 0.309 e. The van der Waals surface area contributed by atoms with Crippen molar-refractivity contribution in [3.63, 3.8) is 0 Å². The van der Waals surface area contributed by atoms with Crippen molar-refractivity contribution in [1.82, 2.24) is 0 Å². The second kappa shape index (κ2) is 15.1. The molecule has 1 saturated carbocycles. The highest BCUT2D eigenvalue weighted by molar-refractivity contribution is 5.71. The van der Waals surface area contributed by atoms with Gasteiger partial charge in [0, 0.05) is 19.3 Å². The maximum absolute atomic E-state index is 11.8. The van der Waals surface area contributed by atoms with Crippen molar-refractivity contribution < 1.29 is 39.5 Å². The summed E-state index contributed by atoms with van der Waals surface area (Å²) >= 11 is 0. The zero-order chi connectivity index (χ0) is 23.2. The Morgan fingerprint density at radius 1 is 1.16 bits per heavy atom. The fourth-order valence-corrected chi connectivity index (χ4v) is 3.70. The van der Waals surface area contributed by atoms with Gasteiger partial charge in [0.25, 0.3) is 0 Å². The van der Waals surface area contributed by atoms with Crippen LogP contribution in [0.1, 0.15) is 58.8 Å². The van der Waals surface area contributed by atoms with Gasteiger partial charge in [-0.1, -0.05) is 50.5 Å².